The molecule has 122 heavy (non-hydrogen) atoms. The van der Waals surface area contributed by atoms with Crippen LogP contribution in [0.25, 0.3) is 0 Å². The molecule has 0 saturated heterocycles. The molecule has 8 aromatic heterocycles. The first-order chi connectivity index (χ1) is 55.7. The molecule has 8 aliphatic heterocycles. The molecule has 0 bridgehead atoms. The highest BCUT2D eigenvalue weighted by Crippen LogP contribution is 2.51. The second kappa shape index (κ2) is 36.0. The summed E-state index contributed by atoms with van der Waals surface area (Å²) in [6.45, 7) is 103. The van der Waals surface area contributed by atoms with Crippen LogP contribution in [0.5, 0.6) is 0 Å². The molecule has 22 heteroatoms. The standard InChI is InChI=1S/2C16H26N2.2C14H23N3.3C10H17N3.C10H16N2O/c1-9-10(2)17-11(3)15-13(5)18(16(6,7)8)12(4)14(9)15;1-9-10(2)14-12(4)18(16(6,7)8)13(5)15(14)17-11(9)3;1-8-12-9(2)17(14(5,6)7)10(3)13(12)16-11(4)15-8;1-8-9(2)16-13-11(4)17(14(5,6)7)10(3)12(13)15-8;1-10(2,3)13-6-8-5-12(4)11-9(8)7-13;1-10(2,3)13-6-8-5-12(4)7-9(8)11-13;1-10(2,3)13-9-7-12(4)6-8(9)5-11-13;1-7-11-8-5-12(10(2,3)4)6-9(8)13-7/h2*12-13H,1-8H3;9-10H,1-7H3;10-11H,1-7H3;5H,6-7H2,1-4H3;6H,5,7H2,1-4H3;5H,6-7H2,1-4H3;5-6H2,1-4H3. The molecule has 0 aliphatic carbocycles. The molecule has 22 nitrogen and oxygen atoms in total. The van der Waals surface area contributed by atoms with Crippen molar-refractivity contribution in [1.29, 1.82) is 0 Å². The molecule has 0 amide bonds. The summed E-state index contributed by atoms with van der Waals surface area (Å²) in [5.74, 6) is 2.72. The van der Waals surface area contributed by atoms with Gasteiger partial charge in [-0.15, -0.1) is 0 Å². The Morgan fingerprint density at radius 2 is 0.721 bits per heavy atom. The Morgan fingerprint density at radius 3 is 1.20 bits per heavy atom. The van der Waals surface area contributed by atoms with E-state index in [0.717, 1.165) is 104 Å². The van der Waals surface area contributed by atoms with Gasteiger partial charge in [0.15, 0.2) is 5.89 Å². The summed E-state index contributed by atoms with van der Waals surface area (Å²) in [6.07, 6.45) is 6.31. The van der Waals surface area contributed by atoms with Crippen LogP contribution in [0.3, 0.4) is 0 Å². The Morgan fingerprint density at radius 1 is 0.311 bits per heavy atom. The minimum absolute atomic E-state index is 0.110. The van der Waals surface area contributed by atoms with Crippen LogP contribution in [0.4, 0.5) is 0 Å². The second-order valence-corrected chi connectivity index (χ2v) is 44.7. The van der Waals surface area contributed by atoms with Crippen molar-refractivity contribution in [2.45, 2.75) is 443 Å². The molecule has 0 spiro atoms. The van der Waals surface area contributed by atoms with Gasteiger partial charge in [-0.05, 0) is 338 Å². The van der Waals surface area contributed by atoms with Crippen LogP contribution < -0.4 is 0 Å². The molecule has 0 radical (unpaired) electrons. The van der Waals surface area contributed by atoms with Crippen molar-refractivity contribution >= 4 is 0 Å². The van der Waals surface area contributed by atoms with Gasteiger partial charge in [-0.1, -0.05) is 0 Å². The molecular formula is C100H165N21O. The van der Waals surface area contributed by atoms with E-state index in [4.69, 9.17) is 24.4 Å². The first-order valence-electron chi connectivity index (χ1n) is 45.4. The quantitative estimate of drug-likeness (QED) is 0.140. The van der Waals surface area contributed by atoms with Crippen LogP contribution in [-0.4, -0.2) is 151 Å². The van der Waals surface area contributed by atoms with Crippen LogP contribution in [0.15, 0.2) is 23.0 Å². The maximum Gasteiger partial charge on any atom is 0.191 e. The largest absolute Gasteiger partial charge is 0.444 e. The summed E-state index contributed by atoms with van der Waals surface area (Å²) in [5.41, 5.74) is 32.1. The Labute approximate surface area is 739 Å². The van der Waals surface area contributed by atoms with E-state index in [2.05, 4.69) is 375 Å². The number of nitrogens with zero attached hydrogens (tertiary/aromatic N) is 21. The third-order valence-corrected chi connectivity index (χ3v) is 26.4. The highest BCUT2D eigenvalue weighted by Gasteiger charge is 2.47. The molecule has 676 valence electrons. The average Bonchev–Trinajstić information content (AvgIpc) is 1.60. The van der Waals surface area contributed by atoms with E-state index in [1.807, 2.05) is 45.6 Å². The van der Waals surface area contributed by atoms with Crippen LogP contribution >= 0.6 is 0 Å². The Balaban J connectivity index is 0.000000159. The van der Waals surface area contributed by atoms with Gasteiger partial charge in [-0.25, -0.2) is 15.0 Å². The number of pyridine rings is 2. The fraction of sp³-hybridized carbons (Fsp3) is 0.700. The minimum Gasteiger partial charge on any atom is -0.444 e. The maximum absolute atomic E-state index is 5.50. The lowest BCUT2D eigenvalue weighted by molar-refractivity contribution is 0.0653. The highest BCUT2D eigenvalue weighted by molar-refractivity contribution is 5.48. The number of hydrogen-bond donors (Lipinski definition) is 0. The molecule has 0 aromatic carbocycles. The fourth-order valence-corrected chi connectivity index (χ4v) is 20.8. The minimum atomic E-state index is 0.110. The first-order valence-corrected chi connectivity index (χ1v) is 45.4. The molecule has 8 unspecified atom stereocenters. The number of aromatic nitrogens is 13. The van der Waals surface area contributed by atoms with Crippen molar-refractivity contribution in [3.05, 3.63) is 171 Å². The van der Waals surface area contributed by atoms with Gasteiger partial charge in [0.05, 0.1) is 105 Å². The zero-order chi connectivity index (χ0) is 92.1. The van der Waals surface area contributed by atoms with Gasteiger partial charge in [-0.3, -0.25) is 73.2 Å². The van der Waals surface area contributed by atoms with Gasteiger partial charge in [0.2, 0.25) is 0 Å². The van der Waals surface area contributed by atoms with Gasteiger partial charge in [0.25, 0.3) is 0 Å². The van der Waals surface area contributed by atoms with Crippen molar-refractivity contribution < 1.29 is 4.42 Å². The predicted molar refractivity (Wildman–Crippen MR) is 501 cm³/mol. The average molecular weight is 1680 g/mol. The molecule has 16 rings (SSSR count). The molecule has 8 aromatic rings. The number of oxazole rings is 1. The van der Waals surface area contributed by atoms with Crippen molar-refractivity contribution in [2.24, 2.45) is 7.05 Å². The molecule has 8 atom stereocenters. The topological polar surface area (TPSA) is 183 Å². The molecule has 0 saturated carbocycles. The Kier molecular flexibility index (Phi) is 29.2. The van der Waals surface area contributed by atoms with Crippen molar-refractivity contribution in [1.82, 2.24) is 103 Å². The summed E-state index contributed by atoms with van der Waals surface area (Å²) in [5, 5.41) is 13.5. The van der Waals surface area contributed by atoms with Crippen molar-refractivity contribution in [3.8, 4) is 0 Å². The van der Waals surface area contributed by atoms with E-state index in [1.165, 1.54) is 101 Å². The van der Waals surface area contributed by atoms with Gasteiger partial charge in [-0.2, -0.15) is 15.3 Å². The lowest BCUT2D eigenvalue weighted by Crippen LogP contribution is -2.40. The number of aryl methyl sites for hydroxylation is 9. The normalized spacial score (nSPS) is 21.8. The summed E-state index contributed by atoms with van der Waals surface area (Å²) in [4.78, 5) is 52.2. The molecule has 0 fully saturated rings. The van der Waals surface area contributed by atoms with E-state index in [9.17, 15) is 0 Å². The number of rotatable bonds is 0. The number of hydrogen-bond acceptors (Lipinski definition) is 19. The first kappa shape index (κ1) is 98.8. The monoisotopic (exact) mass is 1680 g/mol. The zero-order valence-corrected chi connectivity index (χ0v) is 85.3. The van der Waals surface area contributed by atoms with E-state index < -0.39 is 0 Å². The maximum atomic E-state index is 5.50. The van der Waals surface area contributed by atoms with Gasteiger partial charge < -0.3 is 4.42 Å². The fourth-order valence-electron chi connectivity index (χ4n) is 20.8. The van der Waals surface area contributed by atoms with Crippen LogP contribution in [0, 0.1) is 76.2 Å². The molecule has 0 N–H and O–H groups in total. The zero-order valence-electron chi connectivity index (χ0n) is 85.3. The number of fused-ring (bicyclic) bond motifs is 8. The summed E-state index contributed by atoms with van der Waals surface area (Å²) >= 11 is 0. The van der Waals surface area contributed by atoms with Crippen molar-refractivity contribution in [3.63, 3.8) is 0 Å². The van der Waals surface area contributed by atoms with E-state index in [-0.39, 0.29) is 44.3 Å². The van der Waals surface area contributed by atoms with Crippen LogP contribution in [-0.2, 0) is 70.5 Å². The van der Waals surface area contributed by atoms with Gasteiger partial charge >= 0.3 is 0 Å². The lowest BCUT2D eigenvalue weighted by Gasteiger charge is -2.39. The predicted octanol–water partition coefficient (Wildman–Crippen LogP) is 21.9. The van der Waals surface area contributed by atoms with Gasteiger partial charge in [0.1, 0.15) is 11.6 Å². The SMILES string of the molecule is CN1Cc2cn(C(C)(C)C)nc2C1.CN1Cc2cnn(C(C)(C)C)c2C1.Cc1nc(C)c2c(c1C)C(C)N(C(C)(C)C)C2C.Cc1nc(C)c2c(n1)C(C)N(C(C)(C)C)C2C.Cc1nc2c(c(C)c1C)C(C)N(C(C)(C)C)C2C.Cc1nc2c(nc1C)C(C)N(C(C)(C)C)C2C.Cc1nc2c(o1)CN(C(C)(C)C)C2.Cn1cc2c(n1)CN(C(C)(C)C)C2. The van der Waals surface area contributed by atoms with E-state index in [0.29, 0.717) is 48.3 Å². The third kappa shape index (κ3) is 21.3. The summed E-state index contributed by atoms with van der Waals surface area (Å²) in [7, 11) is 6.26. The van der Waals surface area contributed by atoms with Crippen LogP contribution in [0.1, 0.15) is 423 Å². The Bertz CT molecular complexity index is 4820. The summed E-state index contributed by atoms with van der Waals surface area (Å²) < 4.78 is 11.6. The van der Waals surface area contributed by atoms with E-state index in [1.54, 1.807) is 0 Å². The lowest BCUT2D eigenvalue weighted by atomic mass is 9.96. The highest BCUT2D eigenvalue weighted by atomic mass is 16.4. The molecular weight excluding hydrogens is 1510 g/mol. The third-order valence-electron chi connectivity index (χ3n) is 26.4. The molecule has 16 heterocycles. The Hall–Kier alpha value is -7.02. The summed E-state index contributed by atoms with van der Waals surface area (Å²) in [6, 6.07) is 3.30. The van der Waals surface area contributed by atoms with E-state index >= 15 is 0 Å². The van der Waals surface area contributed by atoms with Gasteiger partial charge in [0, 0.05) is 175 Å². The molecule has 8 aliphatic rings. The smallest absolute Gasteiger partial charge is 0.191 e. The van der Waals surface area contributed by atoms with Crippen LogP contribution in [0.2, 0.25) is 0 Å². The second-order valence-electron chi connectivity index (χ2n) is 44.7. The van der Waals surface area contributed by atoms with Crippen molar-refractivity contribution in [2.75, 3.05) is 14.1 Å².